The van der Waals surface area contributed by atoms with E-state index in [1.165, 1.54) is 18.3 Å². The first-order valence-corrected chi connectivity index (χ1v) is 45.8. The van der Waals surface area contributed by atoms with Crippen LogP contribution in [0.25, 0.3) is 33.4 Å². The van der Waals surface area contributed by atoms with E-state index in [0.29, 0.717) is 223 Å². The van der Waals surface area contributed by atoms with Crippen molar-refractivity contribution >= 4 is 69.1 Å². The lowest BCUT2D eigenvalue weighted by Crippen LogP contribution is -2.61. The minimum atomic E-state index is -2.46. The minimum Gasteiger partial charge on any atom is -0.460 e. The number of piperidine rings is 1. The average molecular weight is 1800 g/mol. The van der Waals surface area contributed by atoms with Crippen molar-refractivity contribution in [2.45, 2.75) is 232 Å². The van der Waals surface area contributed by atoms with Crippen LogP contribution in [-0.2, 0) is 115 Å². The Kier molecular flexibility index (Phi) is 44.1. The molecule has 0 radical (unpaired) electrons. The lowest BCUT2D eigenvalue weighted by molar-refractivity contribution is -0.265. The van der Waals surface area contributed by atoms with Gasteiger partial charge in [0.15, 0.2) is 17.0 Å². The number of Topliss-reactive ketones (excluding diaryl/α,β-unsaturated/α-hetero) is 3. The molecule has 1 saturated carbocycles. The number of cyclic esters (lactones) is 1. The molecule has 4 aromatic heterocycles. The number of oxazole rings is 1. The first-order valence-electron chi connectivity index (χ1n) is 45.8. The van der Waals surface area contributed by atoms with Crippen LogP contribution in [0.5, 0.6) is 0 Å². The largest absolute Gasteiger partial charge is 0.460 e. The predicted molar refractivity (Wildman–Crippen MR) is 477 cm³/mol. The Bertz CT molecular complexity index is 4360. The highest BCUT2D eigenvalue weighted by Gasteiger charge is 2.53. The molecule has 35 heteroatoms. The summed E-state index contributed by atoms with van der Waals surface area (Å²) in [6.07, 6.45) is 19.3. The molecule has 0 spiro atoms. The summed E-state index contributed by atoms with van der Waals surface area (Å²) in [7, 11) is 6.44. The molecule has 3 aliphatic heterocycles. The number of unbranched alkanes of at least 4 members (excludes halogenated alkanes) is 2. The van der Waals surface area contributed by atoms with Crippen LogP contribution in [-0.4, -0.2) is 303 Å². The Morgan fingerprint density at radius 2 is 1.40 bits per heavy atom. The fourth-order valence-electron chi connectivity index (χ4n) is 16.9. The van der Waals surface area contributed by atoms with E-state index in [0.717, 1.165) is 61.8 Å². The zero-order chi connectivity index (χ0) is 91.9. The SMILES string of the molecule is CO[C@H]1C[C@@H]2CC[C@@H](C)[C@@](O)(O2)C(=O)C(=O)N2CCCC[C@H]2C(=O)O[C@H]([C@H](C)C[C@@H]2CC[C@@H](OCCCCc3cn(CCOCCOCCOCCOCCOCCOCCOCCOCCC(=O)N(C)CCCCn4nc(-c5ccc6oc(N)nc6c5)c5c(N)ncnc54)nn3)[C@H](OC)C2)CC(=O)[C@H](C)/C=C(\C)[C@@H](O)[C@@H](OC)C(=O)[C@H](C)C[C@H](C)/C=C/C=C/C=C/1C. The van der Waals surface area contributed by atoms with Gasteiger partial charge in [-0.05, 0) is 157 Å². The average Bonchev–Trinajstić information content (AvgIpc) is 1.55. The van der Waals surface area contributed by atoms with Crippen LogP contribution >= 0.6 is 0 Å². The number of allylic oxidation sites excluding steroid dienone is 6. The zero-order valence-electron chi connectivity index (χ0n) is 77.1. The number of amides is 2. The van der Waals surface area contributed by atoms with Gasteiger partial charge in [-0.2, -0.15) is 10.1 Å². The first-order chi connectivity index (χ1) is 61.8. The lowest BCUT2D eigenvalue weighted by Gasteiger charge is -2.42. The number of esters is 1. The second-order valence-corrected chi connectivity index (χ2v) is 34.3. The quantitative estimate of drug-likeness (QED) is 0.0122. The summed E-state index contributed by atoms with van der Waals surface area (Å²) in [5.41, 5.74) is 17.4. The van der Waals surface area contributed by atoms with Crippen molar-refractivity contribution in [1.82, 2.24) is 49.5 Å². The maximum atomic E-state index is 14.8. The van der Waals surface area contributed by atoms with Gasteiger partial charge in [-0.3, -0.25) is 24.0 Å². The van der Waals surface area contributed by atoms with E-state index in [1.807, 2.05) is 81.1 Å². The van der Waals surface area contributed by atoms with Crippen LogP contribution in [0.15, 0.2) is 82.7 Å². The Hall–Kier alpha value is -8.24. The number of ether oxygens (including phenoxy) is 14. The van der Waals surface area contributed by atoms with E-state index < -0.39 is 77.8 Å². The molecule has 1 aromatic carbocycles. The number of benzene rings is 1. The van der Waals surface area contributed by atoms with Gasteiger partial charge in [-0.1, -0.05) is 76.3 Å². The predicted octanol–water partition coefficient (Wildman–Crippen LogP) is 9.39. The number of fused-ring (bicyclic) bond motifs is 5. The maximum absolute atomic E-state index is 14.8. The molecule has 1 aliphatic carbocycles. The number of aliphatic hydroxyl groups excluding tert-OH is 1. The first kappa shape index (κ1) is 103. The van der Waals surface area contributed by atoms with Gasteiger partial charge in [0.1, 0.15) is 53.5 Å². The van der Waals surface area contributed by atoms with Crippen LogP contribution in [0, 0.1) is 35.5 Å². The van der Waals surface area contributed by atoms with Gasteiger partial charge < -0.3 is 102 Å². The molecular formula is C93H142N12O23. The van der Waals surface area contributed by atoms with Crippen LogP contribution in [0.3, 0.4) is 0 Å². The third-order valence-electron chi connectivity index (χ3n) is 24.5. The topological polar surface area (TPSA) is 431 Å². The lowest BCUT2D eigenvalue weighted by atomic mass is 9.78. The summed E-state index contributed by atoms with van der Waals surface area (Å²) >= 11 is 0. The number of nitrogen functional groups attached to an aromatic ring is 2. The number of nitrogens with two attached hydrogens (primary N) is 2. The number of ketones is 3. The highest BCUT2D eigenvalue weighted by atomic mass is 16.6. The molecule has 2 amide bonds. The molecule has 15 atom stereocenters. The van der Waals surface area contributed by atoms with Crippen molar-refractivity contribution in [3.63, 3.8) is 0 Å². The van der Waals surface area contributed by atoms with E-state index in [2.05, 4.69) is 25.3 Å². The Morgan fingerprint density at radius 1 is 0.719 bits per heavy atom. The number of nitrogens with zero attached hydrogens (tertiary/aromatic N) is 10. The maximum Gasteiger partial charge on any atom is 0.329 e. The molecule has 7 heterocycles. The third-order valence-corrected chi connectivity index (χ3v) is 24.5. The number of aliphatic hydroxyl groups is 2. The summed E-state index contributed by atoms with van der Waals surface area (Å²) in [4.78, 5) is 101. The van der Waals surface area contributed by atoms with E-state index >= 15 is 0 Å². The van der Waals surface area contributed by atoms with E-state index in [-0.39, 0.29) is 79.3 Å². The van der Waals surface area contributed by atoms with Gasteiger partial charge in [-0.25, -0.2) is 24.1 Å². The summed E-state index contributed by atoms with van der Waals surface area (Å²) in [5.74, 6) is -7.85. The fraction of sp³-hybridized carbons (Fsp3) is 0.699. The Morgan fingerprint density at radius 3 is 2.07 bits per heavy atom. The molecule has 5 aromatic rings. The number of rotatable bonds is 45. The monoisotopic (exact) mass is 1800 g/mol. The summed E-state index contributed by atoms with van der Waals surface area (Å²) < 4.78 is 90.9. The van der Waals surface area contributed by atoms with Gasteiger partial charge in [-0.15, -0.1) is 5.10 Å². The number of carbonyl (C=O) groups excluding carboxylic acids is 6. The fourth-order valence-corrected chi connectivity index (χ4v) is 16.9. The standard InChI is InChI=1S/C93H142N12O23/c1-62-21-13-12-14-22-63(2)78(114-9)58-72-28-25-68(7)93(113,128-72)87(110)90(111)104-33-17-15-24-74(104)91(112)126-79(59-75(106)64(3)54-67(6)85(109)86(116-11)84(108)66(5)53-62)65(4)55-69-26-29-77(80(56-69)115-10)125-36-20-16-23-71-60-103(101-99-71)35-38-118-40-42-120-44-46-122-48-50-124-52-51-123-49-47-121-45-43-119-41-39-117-37-31-81(107)102(8)32-18-19-34-105-89-82(88(94)96-61-97-89)83(100-105)70-27-30-76-73(57-70)98-92(95)127-76/h12-14,21-22,27,30,54,57,60-62,64-66,68-69,72,74,77-80,85-86,109,113H,15-20,23-26,28-29,31-53,55-56,58-59H2,1-11H3,(H2,95,98)(H2,94,96,97)/b14-12+,21-13+,63-22+,67-54+/t62-,64-,65-,66-,68-,69+,72+,74+,77-,78+,79+,80-,85-,86+,93-/m1/s1. The van der Waals surface area contributed by atoms with Gasteiger partial charge in [0, 0.05) is 97.0 Å². The summed E-state index contributed by atoms with van der Waals surface area (Å²) in [5, 5.41) is 38.0. The summed E-state index contributed by atoms with van der Waals surface area (Å²) in [6.45, 7) is 21.7. The van der Waals surface area contributed by atoms with Crippen molar-refractivity contribution in [3.8, 4) is 11.3 Å². The molecule has 2 bridgehead atoms. The smallest absolute Gasteiger partial charge is 0.329 e. The number of anilines is 2. The summed E-state index contributed by atoms with van der Waals surface area (Å²) in [6, 6.07) is 4.42. The van der Waals surface area contributed by atoms with Crippen molar-refractivity contribution < 1.29 is 110 Å². The van der Waals surface area contributed by atoms with Gasteiger partial charge >= 0.3 is 5.97 Å². The van der Waals surface area contributed by atoms with E-state index in [9.17, 15) is 39.0 Å². The zero-order valence-corrected chi connectivity index (χ0v) is 77.1. The Balaban J connectivity index is 0.587. The van der Waals surface area contributed by atoms with Crippen molar-refractivity contribution in [2.75, 3.05) is 165 Å². The number of hydrogen-bond donors (Lipinski definition) is 4. The van der Waals surface area contributed by atoms with Crippen molar-refractivity contribution in [2.24, 2.45) is 35.5 Å². The van der Waals surface area contributed by atoms with Gasteiger partial charge in [0.2, 0.25) is 11.7 Å². The van der Waals surface area contributed by atoms with E-state index in [1.54, 1.807) is 63.8 Å². The second-order valence-electron chi connectivity index (χ2n) is 34.3. The number of hydrogen-bond acceptors (Lipinski definition) is 31. The molecule has 35 nitrogen and oxygen atoms in total. The molecule has 128 heavy (non-hydrogen) atoms. The Labute approximate surface area is 752 Å². The number of carbonyl (C=O) groups is 6. The number of aryl methyl sites for hydroxylation is 2. The molecule has 6 N–H and O–H groups in total. The van der Waals surface area contributed by atoms with Crippen LogP contribution in [0.2, 0.25) is 0 Å². The number of methoxy groups -OCH3 is 3. The van der Waals surface area contributed by atoms with Crippen molar-refractivity contribution in [3.05, 3.63) is 84.0 Å². The molecule has 4 aliphatic rings. The van der Waals surface area contributed by atoms with E-state index in [4.69, 9.17) is 87.3 Å². The molecule has 9 rings (SSSR count). The minimum absolute atomic E-state index is 0.0000526. The molecule has 0 unspecified atom stereocenters. The molecule has 3 fully saturated rings. The second kappa shape index (κ2) is 54.5. The normalized spacial score (nSPS) is 26.4. The molecular weight excluding hydrogens is 1650 g/mol. The third kappa shape index (κ3) is 32.1. The van der Waals surface area contributed by atoms with Crippen LogP contribution in [0.1, 0.15) is 163 Å². The number of aromatic nitrogens is 8. The van der Waals surface area contributed by atoms with Crippen LogP contribution < -0.4 is 11.5 Å². The van der Waals surface area contributed by atoms with Gasteiger partial charge in [0.05, 0.1) is 154 Å². The highest BCUT2D eigenvalue weighted by molar-refractivity contribution is 6.39. The van der Waals surface area contributed by atoms with Crippen molar-refractivity contribution in [1.29, 1.82) is 0 Å². The van der Waals surface area contributed by atoms with Crippen LogP contribution in [0.4, 0.5) is 11.8 Å². The van der Waals surface area contributed by atoms with Gasteiger partial charge in [0.25, 0.3) is 17.7 Å². The highest BCUT2D eigenvalue weighted by Crippen LogP contribution is 2.40. The molecule has 712 valence electrons. The molecule has 2 saturated heterocycles.